The molecule has 6 rings (SSSR count). The summed E-state index contributed by atoms with van der Waals surface area (Å²) in [5.74, 6) is -1.21. The van der Waals surface area contributed by atoms with Gasteiger partial charge in [0.05, 0.1) is 17.4 Å². The summed E-state index contributed by atoms with van der Waals surface area (Å²) in [4.78, 5) is 35.4. The summed E-state index contributed by atoms with van der Waals surface area (Å²) in [6, 6.07) is 31.1. The minimum Gasteiger partial charge on any atom is -0.273 e. The second-order valence-electron chi connectivity index (χ2n) is 10.5. The van der Waals surface area contributed by atoms with Gasteiger partial charge in [0.1, 0.15) is 5.92 Å². The van der Waals surface area contributed by atoms with E-state index in [1.54, 1.807) is 5.06 Å². The van der Waals surface area contributed by atoms with E-state index in [4.69, 9.17) is 4.84 Å². The molecule has 2 aliphatic rings. The minimum absolute atomic E-state index is 0.0106. The van der Waals surface area contributed by atoms with Crippen LogP contribution in [0.1, 0.15) is 37.9 Å². The van der Waals surface area contributed by atoms with Gasteiger partial charge in [0.25, 0.3) is 5.91 Å². The topological polar surface area (TPSA) is 49.9 Å². The lowest BCUT2D eigenvalue weighted by Crippen LogP contribution is -2.37. The molecule has 0 radical (unpaired) electrons. The zero-order valence-corrected chi connectivity index (χ0v) is 20.6. The van der Waals surface area contributed by atoms with E-state index < -0.39 is 18.1 Å². The Morgan fingerprint density at radius 2 is 1.39 bits per heavy atom. The third-order valence-corrected chi connectivity index (χ3v) is 7.25. The maximum absolute atomic E-state index is 14.0. The van der Waals surface area contributed by atoms with E-state index in [-0.39, 0.29) is 17.2 Å². The first-order valence-electron chi connectivity index (χ1n) is 12.3. The molecule has 2 amide bonds. The maximum Gasteiger partial charge on any atom is 0.266 e. The fourth-order valence-electron chi connectivity index (χ4n) is 5.37. The molecule has 36 heavy (non-hydrogen) atoms. The van der Waals surface area contributed by atoms with Crippen molar-refractivity contribution in [2.45, 2.75) is 38.3 Å². The minimum atomic E-state index is -0.885. The molecule has 0 N–H and O–H groups in total. The van der Waals surface area contributed by atoms with Gasteiger partial charge in [0.2, 0.25) is 5.91 Å². The Morgan fingerprint density at radius 1 is 0.722 bits per heavy atom. The molecule has 0 aromatic heterocycles. The summed E-state index contributed by atoms with van der Waals surface area (Å²) >= 11 is 0. The van der Waals surface area contributed by atoms with E-state index in [2.05, 4.69) is 45.0 Å². The summed E-state index contributed by atoms with van der Waals surface area (Å²) in [7, 11) is 0. The van der Waals surface area contributed by atoms with Crippen LogP contribution in [0.4, 0.5) is 11.4 Å². The quantitative estimate of drug-likeness (QED) is 0.331. The van der Waals surface area contributed by atoms with Crippen molar-refractivity contribution in [2.75, 3.05) is 9.96 Å². The van der Waals surface area contributed by atoms with Crippen molar-refractivity contribution < 1.29 is 14.4 Å². The molecule has 0 saturated carbocycles. The third kappa shape index (κ3) is 3.50. The fraction of sp³-hybridized carbons (Fsp3) is 0.226. The van der Waals surface area contributed by atoms with Gasteiger partial charge in [-0.2, -0.15) is 0 Å². The number of para-hydroxylation sites is 1. The Hall–Kier alpha value is -3.96. The molecule has 5 nitrogen and oxygen atoms in total. The fourth-order valence-corrected chi connectivity index (χ4v) is 5.37. The van der Waals surface area contributed by atoms with Crippen molar-refractivity contribution in [1.82, 2.24) is 0 Å². The monoisotopic (exact) mass is 476 g/mol. The molecule has 3 atom stereocenters. The van der Waals surface area contributed by atoms with E-state index in [9.17, 15) is 9.59 Å². The molecular weight excluding hydrogens is 448 g/mol. The molecule has 0 aliphatic carbocycles. The average molecular weight is 477 g/mol. The Labute approximate surface area is 210 Å². The van der Waals surface area contributed by atoms with Crippen LogP contribution in [0.25, 0.3) is 10.8 Å². The zero-order chi connectivity index (χ0) is 25.0. The molecule has 5 heteroatoms. The van der Waals surface area contributed by atoms with E-state index >= 15 is 0 Å². The third-order valence-electron chi connectivity index (χ3n) is 7.25. The summed E-state index contributed by atoms with van der Waals surface area (Å²) in [6.45, 7) is 6.52. The van der Waals surface area contributed by atoms with Crippen molar-refractivity contribution in [3.63, 3.8) is 0 Å². The van der Waals surface area contributed by atoms with Crippen molar-refractivity contribution >= 4 is 34.0 Å². The van der Waals surface area contributed by atoms with Crippen LogP contribution in [-0.4, -0.2) is 17.9 Å². The first-order chi connectivity index (χ1) is 17.3. The highest BCUT2D eigenvalue weighted by atomic mass is 16.7. The number of rotatable bonds is 3. The van der Waals surface area contributed by atoms with Gasteiger partial charge in [0, 0.05) is 5.39 Å². The Balaban J connectivity index is 1.45. The summed E-state index contributed by atoms with van der Waals surface area (Å²) in [5.41, 5.74) is 3.58. The first kappa shape index (κ1) is 22.5. The number of hydrogen-bond acceptors (Lipinski definition) is 4. The molecule has 4 aromatic rings. The molecule has 180 valence electrons. The van der Waals surface area contributed by atoms with Gasteiger partial charge in [-0.1, -0.05) is 99.6 Å². The Kier molecular flexibility index (Phi) is 5.20. The smallest absolute Gasteiger partial charge is 0.266 e. The highest BCUT2D eigenvalue weighted by Crippen LogP contribution is 2.48. The van der Waals surface area contributed by atoms with Gasteiger partial charge in [0.15, 0.2) is 6.10 Å². The van der Waals surface area contributed by atoms with Crippen LogP contribution in [0.3, 0.4) is 0 Å². The molecule has 2 saturated heterocycles. The van der Waals surface area contributed by atoms with Crippen LogP contribution in [0.2, 0.25) is 0 Å². The van der Waals surface area contributed by atoms with E-state index in [1.165, 1.54) is 10.5 Å². The number of amides is 2. The molecule has 3 unspecified atom stereocenters. The van der Waals surface area contributed by atoms with Crippen LogP contribution in [0.5, 0.6) is 0 Å². The van der Waals surface area contributed by atoms with Gasteiger partial charge >= 0.3 is 0 Å². The second-order valence-corrected chi connectivity index (χ2v) is 10.5. The van der Waals surface area contributed by atoms with Crippen LogP contribution >= 0.6 is 0 Å². The number of nitrogens with zero attached hydrogens (tertiary/aromatic N) is 2. The van der Waals surface area contributed by atoms with E-state index in [1.807, 2.05) is 72.8 Å². The molecule has 0 bridgehead atoms. The average Bonchev–Trinajstić information content (AvgIpc) is 3.39. The van der Waals surface area contributed by atoms with Gasteiger partial charge in [-0.25, -0.2) is 9.96 Å². The lowest BCUT2D eigenvalue weighted by atomic mass is 9.84. The van der Waals surface area contributed by atoms with Crippen molar-refractivity contribution in [1.29, 1.82) is 0 Å². The highest BCUT2D eigenvalue weighted by molar-refractivity contribution is 6.26. The molecule has 0 spiro atoms. The summed E-state index contributed by atoms with van der Waals surface area (Å²) < 4.78 is 0. The number of imide groups is 1. The van der Waals surface area contributed by atoms with E-state index in [0.29, 0.717) is 5.69 Å². The molecule has 2 aliphatic heterocycles. The van der Waals surface area contributed by atoms with Crippen LogP contribution in [0.15, 0.2) is 97.1 Å². The normalized spacial score (nSPS) is 21.9. The Morgan fingerprint density at radius 3 is 2.11 bits per heavy atom. The molecular formula is C31H28N2O3. The summed E-state index contributed by atoms with van der Waals surface area (Å²) in [5, 5.41) is 3.60. The lowest BCUT2D eigenvalue weighted by molar-refractivity contribution is -0.126. The molecule has 2 fully saturated rings. The van der Waals surface area contributed by atoms with Crippen molar-refractivity contribution in [3.8, 4) is 0 Å². The van der Waals surface area contributed by atoms with Gasteiger partial charge < -0.3 is 0 Å². The second kappa shape index (κ2) is 8.32. The number of carbonyl (C=O) groups excluding carboxylic acids is 2. The number of hydrogen-bond donors (Lipinski definition) is 0. The lowest BCUT2D eigenvalue weighted by Gasteiger charge is -2.29. The molecule has 2 heterocycles. The number of anilines is 2. The van der Waals surface area contributed by atoms with E-state index in [0.717, 1.165) is 22.0 Å². The predicted octanol–water partition coefficient (Wildman–Crippen LogP) is 6.19. The predicted molar refractivity (Wildman–Crippen MR) is 142 cm³/mol. The Bertz CT molecular complexity index is 1450. The van der Waals surface area contributed by atoms with Crippen molar-refractivity contribution in [2.24, 2.45) is 5.92 Å². The van der Waals surface area contributed by atoms with Gasteiger partial charge in [-0.15, -0.1) is 0 Å². The number of carbonyl (C=O) groups is 2. The van der Waals surface area contributed by atoms with Crippen LogP contribution in [0, 0.1) is 5.92 Å². The number of benzene rings is 4. The number of hydroxylamine groups is 1. The number of fused-ring (bicyclic) bond motifs is 2. The van der Waals surface area contributed by atoms with Crippen LogP contribution < -0.4 is 9.96 Å². The largest absolute Gasteiger partial charge is 0.273 e. The standard InChI is InChI=1S/C31H28N2O3/c1-31(2,3)22-18-16-21(17-19-22)27-26-28(36-33(27)23-12-5-4-6-13-23)30(35)32(29(26)34)25-15-9-11-20-10-7-8-14-24(20)25/h4-19,26-28H,1-3H3. The SMILES string of the molecule is CC(C)(C)c1ccc(C2C3C(=O)N(c4cccc5ccccc45)C(=O)C3ON2c2ccccc2)cc1. The summed E-state index contributed by atoms with van der Waals surface area (Å²) in [6.07, 6.45) is -0.885. The maximum atomic E-state index is 14.0. The highest BCUT2D eigenvalue weighted by Gasteiger charge is 2.60. The first-order valence-corrected chi connectivity index (χ1v) is 12.3. The van der Waals surface area contributed by atoms with Gasteiger partial charge in [-0.3, -0.25) is 14.4 Å². The van der Waals surface area contributed by atoms with Gasteiger partial charge in [-0.05, 0) is 40.1 Å². The van der Waals surface area contributed by atoms with Crippen LogP contribution in [-0.2, 0) is 19.8 Å². The molecule has 4 aromatic carbocycles. The zero-order valence-electron chi connectivity index (χ0n) is 20.6. The van der Waals surface area contributed by atoms with Crippen molar-refractivity contribution in [3.05, 3.63) is 108 Å².